The van der Waals surface area contributed by atoms with E-state index < -0.39 is 17.2 Å². The molecule has 0 aliphatic heterocycles. The number of carboxylic acids is 1. The first-order valence-corrected chi connectivity index (χ1v) is 4.76. The van der Waals surface area contributed by atoms with E-state index in [1.54, 1.807) is 0 Å². The van der Waals surface area contributed by atoms with Gasteiger partial charge in [-0.05, 0) is 0 Å². The Labute approximate surface area is 117 Å². The molecule has 0 bridgehead atoms. The molecule has 8 nitrogen and oxygen atoms in total. The lowest BCUT2D eigenvalue weighted by atomic mass is 10.5. The summed E-state index contributed by atoms with van der Waals surface area (Å²) in [6, 6.07) is 0. The molecule has 0 aliphatic rings. The summed E-state index contributed by atoms with van der Waals surface area (Å²) >= 11 is 0. The highest BCUT2D eigenvalue weighted by molar-refractivity contribution is 5.75. The molecule has 0 spiro atoms. The Morgan fingerprint density at radius 1 is 1.33 bits per heavy atom. The molecule has 92 valence electrons. The second kappa shape index (κ2) is 4.94. The zero-order valence-electron chi connectivity index (χ0n) is 9.95. The van der Waals surface area contributed by atoms with Crippen LogP contribution in [0.4, 0.5) is 0 Å². The predicted octanol–water partition coefficient (Wildman–Crippen LogP) is -1.86. The van der Waals surface area contributed by atoms with Crippen molar-refractivity contribution in [3.05, 3.63) is 27.2 Å². The highest BCUT2D eigenvalue weighted by Crippen LogP contribution is 2.04. The molecule has 2 aromatic heterocycles. The van der Waals surface area contributed by atoms with Crippen LogP contribution < -0.4 is 11.2 Å². The summed E-state index contributed by atoms with van der Waals surface area (Å²) in [4.78, 5) is 38.0. The second-order valence-electron chi connectivity index (χ2n) is 3.64. The molecule has 0 fully saturated rings. The molecular formula is C9H10MgN4O4. The SMILES string of the molecule is Cn1c(=O)c2c(ncn2CC(=O)O)n(C)c1=O.[Mg]. The van der Waals surface area contributed by atoms with Crippen molar-refractivity contribution in [2.75, 3.05) is 0 Å². The van der Waals surface area contributed by atoms with Crippen LogP contribution in [0.5, 0.6) is 0 Å². The topological polar surface area (TPSA) is 99.1 Å². The quantitative estimate of drug-likeness (QED) is 0.640. The van der Waals surface area contributed by atoms with E-state index in [2.05, 4.69) is 4.98 Å². The zero-order chi connectivity index (χ0) is 12.7. The number of fused-ring (bicyclic) bond motifs is 1. The molecule has 0 atom stereocenters. The van der Waals surface area contributed by atoms with E-state index in [-0.39, 0.29) is 40.8 Å². The molecule has 0 aromatic carbocycles. The van der Waals surface area contributed by atoms with Crippen molar-refractivity contribution in [3.8, 4) is 0 Å². The number of aliphatic carboxylic acids is 1. The monoisotopic (exact) mass is 262 g/mol. The Kier molecular flexibility index (Phi) is 3.97. The number of hydrogen-bond acceptors (Lipinski definition) is 4. The van der Waals surface area contributed by atoms with Gasteiger partial charge in [-0.25, -0.2) is 9.78 Å². The lowest BCUT2D eigenvalue weighted by Gasteiger charge is -2.04. The number of nitrogens with zero attached hydrogens (tertiary/aromatic N) is 4. The molecule has 18 heavy (non-hydrogen) atoms. The number of rotatable bonds is 2. The first-order chi connectivity index (χ1) is 7.93. The summed E-state index contributed by atoms with van der Waals surface area (Å²) in [6.07, 6.45) is 1.24. The van der Waals surface area contributed by atoms with Crippen molar-refractivity contribution in [3.63, 3.8) is 0 Å². The molecular weight excluding hydrogens is 252 g/mol. The van der Waals surface area contributed by atoms with Crippen molar-refractivity contribution < 1.29 is 9.90 Å². The Morgan fingerprint density at radius 3 is 2.50 bits per heavy atom. The second-order valence-corrected chi connectivity index (χ2v) is 3.64. The maximum Gasteiger partial charge on any atom is 0.332 e. The molecule has 1 N–H and O–H groups in total. The number of carbonyl (C=O) groups is 1. The van der Waals surface area contributed by atoms with Gasteiger partial charge in [-0.15, -0.1) is 0 Å². The van der Waals surface area contributed by atoms with E-state index in [1.807, 2.05) is 0 Å². The maximum absolute atomic E-state index is 11.9. The lowest BCUT2D eigenvalue weighted by Crippen LogP contribution is -2.37. The first-order valence-electron chi connectivity index (χ1n) is 4.76. The van der Waals surface area contributed by atoms with Gasteiger partial charge in [-0.2, -0.15) is 0 Å². The molecule has 9 heteroatoms. The molecule has 2 radical (unpaired) electrons. The van der Waals surface area contributed by atoms with Crippen LogP contribution >= 0.6 is 0 Å². The normalized spacial score (nSPS) is 10.3. The lowest BCUT2D eigenvalue weighted by molar-refractivity contribution is -0.137. The van der Waals surface area contributed by atoms with Crippen LogP contribution in [0.2, 0.25) is 0 Å². The van der Waals surface area contributed by atoms with Gasteiger partial charge < -0.3 is 9.67 Å². The van der Waals surface area contributed by atoms with Crippen molar-refractivity contribution >= 4 is 40.2 Å². The van der Waals surface area contributed by atoms with Crippen LogP contribution in [0.15, 0.2) is 15.9 Å². The van der Waals surface area contributed by atoms with E-state index in [9.17, 15) is 14.4 Å². The van der Waals surface area contributed by atoms with Gasteiger partial charge in [-0.1, -0.05) is 0 Å². The summed E-state index contributed by atoms with van der Waals surface area (Å²) in [5.74, 6) is -1.08. The average Bonchev–Trinajstić information content (AvgIpc) is 2.66. The number of aromatic nitrogens is 4. The van der Waals surface area contributed by atoms with Crippen molar-refractivity contribution in [2.45, 2.75) is 6.54 Å². The largest absolute Gasteiger partial charge is 0.480 e. The molecule has 2 aromatic rings. The molecule has 0 aliphatic carbocycles. The van der Waals surface area contributed by atoms with E-state index in [0.29, 0.717) is 0 Å². The van der Waals surface area contributed by atoms with Gasteiger partial charge in [0.2, 0.25) is 0 Å². The van der Waals surface area contributed by atoms with Gasteiger partial charge in [0.15, 0.2) is 11.2 Å². The minimum Gasteiger partial charge on any atom is -0.480 e. The predicted molar refractivity (Wildman–Crippen MR) is 63.6 cm³/mol. The fraction of sp³-hybridized carbons (Fsp3) is 0.333. The molecule has 2 heterocycles. The summed E-state index contributed by atoms with van der Waals surface area (Å²) in [5.41, 5.74) is -0.763. The fourth-order valence-electron chi connectivity index (χ4n) is 1.66. The van der Waals surface area contributed by atoms with Crippen LogP contribution in [-0.2, 0) is 25.4 Å². The minimum absolute atomic E-state index is 0. The van der Waals surface area contributed by atoms with Crippen molar-refractivity contribution in [1.82, 2.24) is 18.7 Å². The maximum atomic E-state index is 11.9. The highest BCUT2D eigenvalue weighted by Gasteiger charge is 2.15. The standard InChI is InChI=1S/C9H10N4O4.Mg/c1-11-7-6(8(16)12(2)9(11)17)13(4-10-7)3-5(14)15;/h4H,3H2,1-2H3,(H,14,15);. The van der Waals surface area contributed by atoms with Crippen LogP contribution in [0, 0.1) is 0 Å². The van der Waals surface area contributed by atoms with Gasteiger partial charge in [0, 0.05) is 37.1 Å². The van der Waals surface area contributed by atoms with E-state index in [0.717, 1.165) is 4.57 Å². The van der Waals surface area contributed by atoms with Crippen molar-refractivity contribution in [1.29, 1.82) is 0 Å². The van der Waals surface area contributed by atoms with Gasteiger partial charge in [0.05, 0.1) is 6.33 Å². The molecule has 2 rings (SSSR count). The average molecular weight is 263 g/mol. The van der Waals surface area contributed by atoms with Crippen molar-refractivity contribution in [2.24, 2.45) is 14.1 Å². The van der Waals surface area contributed by atoms with Gasteiger partial charge >= 0.3 is 11.7 Å². The smallest absolute Gasteiger partial charge is 0.332 e. The van der Waals surface area contributed by atoms with E-state index >= 15 is 0 Å². The number of carboxylic acid groups (broad SMARTS) is 1. The first kappa shape index (κ1) is 14.4. The van der Waals surface area contributed by atoms with Gasteiger partial charge in [-0.3, -0.25) is 18.7 Å². The number of aryl methyl sites for hydroxylation is 1. The summed E-state index contributed by atoms with van der Waals surface area (Å²) in [5, 5.41) is 8.70. The zero-order valence-corrected chi connectivity index (χ0v) is 11.4. The van der Waals surface area contributed by atoms with Crippen LogP contribution in [0.1, 0.15) is 0 Å². The van der Waals surface area contributed by atoms with Gasteiger partial charge in [0.1, 0.15) is 6.54 Å². The minimum atomic E-state index is -1.08. The Morgan fingerprint density at radius 2 is 1.94 bits per heavy atom. The number of hydrogen-bond donors (Lipinski definition) is 1. The third-order valence-electron chi connectivity index (χ3n) is 2.52. The molecule has 0 saturated carbocycles. The summed E-state index contributed by atoms with van der Waals surface area (Å²) < 4.78 is 3.33. The van der Waals surface area contributed by atoms with E-state index in [1.165, 1.54) is 29.6 Å². The van der Waals surface area contributed by atoms with Gasteiger partial charge in [0.25, 0.3) is 5.56 Å². The van der Waals surface area contributed by atoms with Crippen LogP contribution in [0.3, 0.4) is 0 Å². The van der Waals surface area contributed by atoms with Crippen LogP contribution in [0.25, 0.3) is 11.2 Å². The third kappa shape index (κ3) is 2.06. The Hall–Kier alpha value is -1.61. The highest BCUT2D eigenvalue weighted by atomic mass is 24.3. The van der Waals surface area contributed by atoms with Crippen LogP contribution in [-0.4, -0.2) is 52.8 Å². The summed E-state index contributed by atoms with van der Waals surface area (Å²) in [7, 11) is 2.81. The fourth-order valence-corrected chi connectivity index (χ4v) is 1.66. The third-order valence-corrected chi connectivity index (χ3v) is 2.52. The Balaban J connectivity index is 0.00000162. The van der Waals surface area contributed by atoms with E-state index in [4.69, 9.17) is 5.11 Å². The molecule has 0 saturated heterocycles. The Bertz CT molecular complexity index is 726. The number of imidazole rings is 1. The molecule has 0 unspecified atom stereocenters. The molecule has 0 amide bonds. The summed E-state index contributed by atoms with van der Waals surface area (Å²) in [6.45, 7) is -0.371.